The van der Waals surface area contributed by atoms with Crippen molar-refractivity contribution in [3.05, 3.63) is 77.1 Å². The van der Waals surface area contributed by atoms with Crippen molar-refractivity contribution in [2.45, 2.75) is 6.42 Å². The molecule has 1 amide bonds. The highest BCUT2D eigenvalue weighted by Crippen LogP contribution is 2.21. The summed E-state index contributed by atoms with van der Waals surface area (Å²) in [5, 5.41) is 3.23. The van der Waals surface area contributed by atoms with Gasteiger partial charge in [-0.3, -0.25) is 10.1 Å². The van der Waals surface area contributed by atoms with Crippen molar-refractivity contribution in [1.82, 2.24) is 4.98 Å². The predicted molar refractivity (Wildman–Crippen MR) is 91.9 cm³/mol. The average molecular weight is 342 g/mol. The van der Waals surface area contributed by atoms with E-state index in [2.05, 4.69) is 10.3 Å². The van der Waals surface area contributed by atoms with Crippen molar-refractivity contribution in [3.63, 3.8) is 0 Å². The fraction of sp³-hybridized carbons (Fsp3) is 0.111. The number of amides is 1. The molecule has 0 saturated heterocycles. The molecule has 1 aromatic heterocycles. The van der Waals surface area contributed by atoms with E-state index in [-0.39, 0.29) is 18.3 Å². The maximum Gasteiger partial charge on any atom is 0.264 e. The Kier molecular flexibility index (Phi) is 5.18. The van der Waals surface area contributed by atoms with Crippen molar-refractivity contribution in [3.8, 4) is 5.75 Å². The summed E-state index contributed by atoms with van der Waals surface area (Å²) in [6.07, 6.45) is 2.36. The number of rotatable bonds is 6. The molecule has 3 rings (SSSR count). The van der Waals surface area contributed by atoms with E-state index in [9.17, 15) is 9.18 Å². The Balaban J connectivity index is 1.51. The summed E-state index contributed by atoms with van der Waals surface area (Å²) in [6, 6.07) is 15.5. The van der Waals surface area contributed by atoms with Crippen LogP contribution in [0.2, 0.25) is 0 Å². The minimum absolute atomic E-state index is 0.0725. The molecule has 122 valence electrons. The Labute approximate surface area is 142 Å². The van der Waals surface area contributed by atoms with E-state index in [0.29, 0.717) is 17.3 Å². The van der Waals surface area contributed by atoms with E-state index < -0.39 is 0 Å². The number of ether oxygens (including phenoxy) is 1. The van der Waals surface area contributed by atoms with Crippen molar-refractivity contribution in [2.24, 2.45) is 0 Å². The molecular formula is C18H15FN2O2S. The highest BCUT2D eigenvalue weighted by molar-refractivity contribution is 7.15. The van der Waals surface area contributed by atoms with Crippen LogP contribution in [0.5, 0.6) is 5.75 Å². The summed E-state index contributed by atoms with van der Waals surface area (Å²) in [6.45, 7) is -0.0725. The van der Waals surface area contributed by atoms with Crippen LogP contribution in [0.4, 0.5) is 9.52 Å². The first kappa shape index (κ1) is 16.1. The number of nitrogens with one attached hydrogen (secondary N) is 1. The number of carbonyl (C=O) groups is 1. The summed E-state index contributed by atoms with van der Waals surface area (Å²) in [7, 11) is 0. The molecule has 0 aliphatic rings. The molecule has 0 aliphatic carbocycles. The third-order valence-corrected chi connectivity index (χ3v) is 4.12. The topological polar surface area (TPSA) is 51.2 Å². The van der Waals surface area contributed by atoms with Crippen LogP contribution in [-0.2, 0) is 11.2 Å². The van der Waals surface area contributed by atoms with E-state index in [1.165, 1.54) is 23.5 Å². The first-order valence-electron chi connectivity index (χ1n) is 7.36. The van der Waals surface area contributed by atoms with Crippen molar-refractivity contribution in [1.29, 1.82) is 0 Å². The van der Waals surface area contributed by atoms with Crippen LogP contribution < -0.4 is 10.1 Å². The molecule has 1 N–H and O–H groups in total. The second-order valence-corrected chi connectivity index (χ2v) is 6.20. The lowest BCUT2D eigenvalue weighted by Crippen LogP contribution is -2.19. The second kappa shape index (κ2) is 7.70. The highest BCUT2D eigenvalue weighted by Gasteiger charge is 2.08. The number of nitrogens with zero attached hydrogens (tertiary/aromatic N) is 1. The van der Waals surface area contributed by atoms with Gasteiger partial charge in [-0.15, -0.1) is 11.3 Å². The standard InChI is InChI=1S/C18H15FN2O2S/c19-14-8-6-13(7-9-14)10-16-11-20-18(24-16)21-17(22)12-23-15-4-2-1-3-5-15/h1-9,11H,10,12H2,(H,20,21,22). The molecule has 0 aliphatic heterocycles. The first-order chi connectivity index (χ1) is 11.7. The second-order valence-electron chi connectivity index (χ2n) is 5.08. The largest absolute Gasteiger partial charge is 0.484 e. The number of benzene rings is 2. The van der Waals surface area contributed by atoms with Gasteiger partial charge in [0.1, 0.15) is 11.6 Å². The monoisotopic (exact) mass is 342 g/mol. The van der Waals surface area contributed by atoms with Crippen LogP contribution in [0.25, 0.3) is 0 Å². The van der Waals surface area contributed by atoms with Crippen molar-refractivity contribution >= 4 is 22.4 Å². The molecule has 0 bridgehead atoms. The lowest BCUT2D eigenvalue weighted by Gasteiger charge is -2.05. The molecule has 4 nitrogen and oxygen atoms in total. The minimum Gasteiger partial charge on any atom is -0.484 e. The number of anilines is 1. The Hall–Kier alpha value is -2.73. The molecule has 0 atom stereocenters. The Bertz CT molecular complexity index is 803. The van der Waals surface area contributed by atoms with Gasteiger partial charge in [-0.05, 0) is 29.8 Å². The maximum atomic E-state index is 12.9. The van der Waals surface area contributed by atoms with Crippen LogP contribution in [0.3, 0.4) is 0 Å². The first-order valence-corrected chi connectivity index (χ1v) is 8.17. The number of aromatic nitrogens is 1. The van der Waals surface area contributed by atoms with Crippen LogP contribution in [0.1, 0.15) is 10.4 Å². The Morgan fingerprint density at radius 1 is 1.12 bits per heavy atom. The lowest BCUT2D eigenvalue weighted by atomic mass is 10.1. The zero-order valence-electron chi connectivity index (χ0n) is 12.7. The van der Waals surface area contributed by atoms with Gasteiger partial charge in [-0.25, -0.2) is 9.37 Å². The van der Waals surface area contributed by atoms with Crippen LogP contribution in [0.15, 0.2) is 60.8 Å². The molecule has 0 radical (unpaired) electrons. The molecule has 0 unspecified atom stereocenters. The maximum absolute atomic E-state index is 12.9. The molecule has 1 heterocycles. The average Bonchev–Trinajstić information content (AvgIpc) is 3.03. The third-order valence-electron chi connectivity index (χ3n) is 3.20. The van der Waals surface area contributed by atoms with E-state index in [1.807, 2.05) is 18.2 Å². The summed E-state index contributed by atoms with van der Waals surface area (Å²) in [5.74, 6) is 0.125. The molecule has 2 aromatic carbocycles. The van der Waals surface area contributed by atoms with Gasteiger partial charge in [0, 0.05) is 17.5 Å². The van der Waals surface area contributed by atoms with Gasteiger partial charge < -0.3 is 4.74 Å². The molecule has 0 saturated carbocycles. The number of carbonyl (C=O) groups excluding carboxylic acids is 1. The van der Waals surface area contributed by atoms with E-state index in [0.717, 1.165) is 10.4 Å². The van der Waals surface area contributed by atoms with Crippen LogP contribution in [0, 0.1) is 5.82 Å². The highest BCUT2D eigenvalue weighted by atomic mass is 32.1. The zero-order chi connectivity index (χ0) is 16.8. The molecule has 3 aromatic rings. The fourth-order valence-electron chi connectivity index (χ4n) is 2.07. The Morgan fingerprint density at radius 2 is 1.88 bits per heavy atom. The molecule has 0 spiro atoms. The van der Waals surface area contributed by atoms with E-state index in [4.69, 9.17) is 4.74 Å². The quantitative estimate of drug-likeness (QED) is 0.739. The van der Waals surface area contributed by atoms with Crippen LogP contribution in [-0.4, -0.2) is 17.5 Å². The van der Waals surface area contributed by atoms with Gasteiger partial charge in [0.2, 0.25) is 0 Å². The van der Waals surface area contributed by atoms with E-state index in [1.54, 1.807) is 30.5 Å². The zero-order valence-corrected chi connectivity index (χ0v) is 13.6. The molecule has 0 fully saturated rings. The SMILES string of the molecule is O=C(COc1ccccc1)Nc1ncc(Cc2ccc(F)cc2)s1. The van der Waals surface area contributed by atoms with Crippen molar-refractivity contribution in [2.75, 3.05) is 11.9 Å². The number of thiazole rings is 1. The van der Waals surface area contributed by atoms with E-state index >= 15 is 0 Å². The number of halogens is 1. The fourth-order valence-corrected chi connectivity index (χ4v) is 2.93. The summed E-state index contributed by atoms with van der Waals surface area (Å²) >= 11 is 1.39. The summed E-state index contributed by atoms with van der Waals surface area (Å²) in [4.78, 5) is 17.0. The number of hydrogen-bond acceptors (Lipinski definition) is 4. The van der Waals surface area contributed by atoms with Gasteiger partial charge >= 0.3 is 0 Å². The Morgan fingerprint density at radius 3 is 2.62 bits per heavy atom. The van der Waals surface area contributed by atoms with Gasteiger partial charge in [-0.2, -0.15) is 0 Å². The molecule has 24 heavy (non-hydrogen) atoms. The van der Waals surface area contributed by atoms with Crippen molar-refractivity contribution < 1.29 is 13.9 Å². The molecule has 6 heteroatoms. The predicted octanol–water partition coefficient (Wildman–Crippen LogP) is 3.89. The minimum atomic E-state index is -0.262. The molecular weight excluding hydrogens is 327 g/mol. The third kappa shape index (κ3) is 4.63. The number of para-hydroxylation sites is 1. The summed E-state index contributed by atoms with van der Waals surface area (Å²) < 4.78 is 18.3. The van der Waals surface area contributed by atoms with Gasteiger partial charge in [0.05, 0.1) is 0 Å². The lowest BCUT2D eigenvalue weighted by molar-refractivity contribution is -0.118. The normalized spacial score (nSPS) is 10.4. The van der Waals surface area contributed by atoms with Gasteiger partial charge in [0.15, 0.2) is 11.7 Å². The number of hydrogen-bond donors (Lipinski definition) is 1. The van der Waals surface area contributed by atoms with Gasteiger partial charge in [0.25, 0.3) is 5.91 Å². The van der Waals surface area contributed by atoms with Gasteiger partial charge in [-0.1, -0.05) is 30.3 Å². The smallest absolute Gasteiger partial charge is 0.264 e. The van der Waals surface area contributed by atoms with Crippen LogP contribution >= 0.6 is 11.3 Å². The summed E-state index contributed by atoms with van der Waals surface area (Å²) in [5.41, 5.74) is 0.991.